The van der Waals surface area contributed by atoms with Crippen LogP contribution in [-0.4, -0.2) is 34.8 Å². The van der Waals surface area contributed by atoms with Gasteiger partial charge >= 0.3 is 6.03 Å². The van der Waals surface area contributed by atoms with E-state index in [1.165, 1.54) is 0 Å². The fourth-order valence-electron chi connectivity index (χ4n) is 3.80. The van der Waals surface area contributed by atoms with Gasteiger partial charge in [-0.1, -0.05) is 35.3 Å². The van der Waals surface area contributed by atoms with Crippen LogP contribution in [0.3, 0.4) is 0 Å². The lowest BCUT2D eigenvalue weighted by atomic mass is 9.75. The molecule has 1 heterocycles. The molecule has 0 radical (unpaired) electrons. The number of amides is 4. The summed E-state index contributed by atoms with van der Waals surface area (Å²) in [5.41, 5.74) is 0.761. The van der Waals surface area contributed by atoms with E-state index in [9.17, 15) is 14.4 Å². The van der Waals surface area contributed by atoms with Crippen molar-refractivity contribution in [2.75, 3.05) is 11.9 Å². The van der Waals surface area contributed by atoms with Crippen molar-refractivity contribution in [1.29, 1.82) is 0 Å². The Hall–Kier alpha value is -1.89. The standard InChI is InChI=1S/C19H24BrN3O3/c1-3-13-6-8-19(9-7-13)17(25)23(18(26)22-19)11-16(24)21-15-10-14(20)5-4-12(15)2/h4-5,10,13H,3,6-9,11H2,1-2H3,(H,21,24)(H,22,26). The van der Waals surface area contributed by atoms with Crippen LogP contribution in [0.25, 0.3) is 0 Å². The van der Waals surface area contributed by atoms with E-state index in [4.69, 9.17) is 0 Å². The quantitative estimate of drug-likeness (QED) is 0.728. The van der Waals surface area contributed by atoms with Gasteiger partial charge in [-0.05, 0) is 56.2 Å². The Labute approximate surface area is 161 Å². The SMILES string of the molecule is CCC1CCC2(CC1)NC(=O)N(CC(=O)Nc1cc(Br)ccc1C)C2=O. The molecule has 0 unspecified atom stereocenters. The smallest absolute Gasteiger partial charge is 0.324 e. The molecule has 6 nitrogen and oxygen atoms in total. The van der Waals surface area contributed by atoms with E-state index in [0.717, 1.165) is 34.2 Å². The van der Waals surface area contributed by atoms with Gasteiger partial charge in [0, 0.05) is 10.2 Å². The summed E-state index contributed by atoms with van der Waals surface area (Å²) in [6, 6.07) is 5.10. The maximum Gasteiger partial charge on any atom is 0.325 e. The van der Waals surface area contributed by atoms with Crippen molar-refractivity contribution in [3.8, 4) is 0 Å². The fourth-order valence-corrected chi connectivity index (χ4v) is 4.16. The van der Waals surface area contributed by atoms with E-state index in [2.05, 4.69) is 33.5 Å². The van der Waals surface area contributed by atoms with Gasteiger partial charge in [0.1, 0.15) is 12.1 Å². The molecule has 1 aromatic carbocycles. The Morgan fingerprint density at radius 1 is 1.35 bits per heavy atom. The van der Waals surface area contributed by atoms with E-state index in [-0.39, 0.29) is 18.4 Å². The van der Waals surface area contributed by atoms with Crippen LogP contribution >= 0.6 is 15.9 Å². The molecule has 2 aliphatic rings. The first kappa shape index (κ1) is 18.9. The van der Waals surface area contributed by atoms with Gasteiger partial charge in [-0.3, -0.25) is 14.5 Å². The van der Waals surface area contributed by atoms with Gasteiger partial charge < -0.3 is 10.6 Å². The van der Waals surface area contributed by atoms with Crippen molar-refractivity contribution < 1.29 is 14.4 Å². The van der Waals surface area contributed by atoms with E-state index >= 15 is 0 Å². The summed E-state index contributed by atoms with van der Waals surface area (Å²) >= 11 is 3.37. The number of halogens is 1. The van der Waals surface area contributed by atoms with Crippen LogP contribution in [0.15, 0.2) is 22.7 Å². The molecule has 4 amide bonds. The van der Waals surface area contributed by atoms with Crippen molar-refractivity contribution in [1.82, 2.24) is 10.2 Å². The summed E-state index contributed by atoms with van der Waals surface area (Å²) in [7, 11) is 0. The number of hydrogen-bond donors (Lipinski definition) is 2. The van der Waals surface area contributed by atoms with Crippen LogP contribution in [0.4, 0.5) is 10.5 Å². The molecule has 0 bridgehead atoms. The molecule has 140 valence electrons. The molecule has 2 N–H and O–H groups in total. The third-order valence-corrected chi connectivity index (χ3v) is 6.05. The summed E-state index contributed by atoms with van der Waals surface area (Å²) in [6.07, 6.45) is 4.26. The zero-order valence-corrected chi connectivity index (χ0v) is 16.7. The highest BCUT2D eigenvalue weighted by Crippen LogP contribution is 2.37. The summed E-state index contributed by atoms with van der Waals surface area (Å²) < 4.78 is 0.847. The Morgan fingerprint density at radius 3 is 2.69 bits per heavy atom. The molecule has 7 heteroatoms. The molecule has 1 aliphatic carbocycles. The van der Waals surface area contributed by atoms with Crippen LogP contribution in [0.1, 0.15) is 44.6 Å². The van der Waals surface area contributed by atoms with Gasteiger partial charge in [0.05, 0.1) is 0 Å². The fraction of sp³-hybridized carbons (Fsp3) is 0.526. The van der Waals surface area contributed by atoms with Gasteiger partial charge in [-0.15, -0.1) is 0 Å². The van der Waals surface area contributed by atoms with Crippen molar-refractivity contribution in [3.05, 3.63) is 28.2 Å². The highest BCUT2D eigenvalue weighted by molar-refractivity contribution is 9.10. The summed E-state index contributed by atoms with van der Waals surface area (Å²) in [4.78, 5) is 38.6. The Kier molecular flexibility index (Phi) is 5.37. The number of nitrogens with one attached hydrogen (secondary N) is 2. The van der Waals surface area contributed by atoms with E-state index in [0.29, 0.717) is 24.4 Å². The first-order valence-electron chi connectivity index (χ1n) is 9.05. The molecule has 1 saturated carbocycles. The number of nitrogens with zero attached hydrogens (tertiary/aromatic N) is 1. The van der Waals surface area contributed by atoms with Crippen LogP contribution < -0.4 is 10.6 Å². The molecule has 1 saturated heterocycles. The van der Waals surface area contributed by atoms with Crippen molar-refractivity contribution in [2.45, 2.75) is 51.5 Å². The Bertz CT molecular complexity index is 742. The third kappa shape index (κ3) is 3.63. The Morgan fingerprint density at radius 2 is 2.04 bits per heavy atom. The van der Waals surface area contributed by atoms with Gasteiger partial charge in [-0.25, -0.2) is 4.79 Å². The molecular weight excluding hydrogens is 398 g/mol. The zero-order valence-electron chi connectivity index (χ0n) is 15.1. The minimum absolute atomic E-state index is 0.266. The van der Waals surface area contributed by atoms with Gasteiger partial charge in [0.15, 0.2) is 0 Å². The zero-order chi connectivity index (χ0) is 18.9. The van der Waals surface area contributed by atoms with Crippen molar-refractivity contribution in [3.63, 3.8) is 0 Å². The first-order chi connectivity index (χ1) is 12.3. The first-order valence-corrected chi connectivity index (χ1v) is 9.84. The van der Waals surface area contributed by atoms with Crippen LogP contribution in [0.2, 0.25) is 0 Å². The normalized spacial score (nSPS) is 25.5. The molecule has 1 spiro atoms. The van der Waals surface area contributed by atoms with Gasteiger partial charge in [0.2, 0.25) is 5.91 Å². The number of hydrogen-bond acceptors (Lipinski definition) is 3. The van der Waals surface area contributed by atoms with Crippen LogP contribution in [-0.2, 0) is 9.59 Å². The van der Waals surface area contributed by atoms with Crippen molar-refractivity contribution >= 4 is 39.5 Å². The number of benzene rings is 1. The number of anilines is 1. The predicted molar refractivity (Wildman–Crippen MR) is 103 cm³/mol. The summed E-state index contributed by atoms with van der Waals surface area (Å²) in [5, 5.41) is 5.64. The highest BCUT2D eigenvalue weighted by atomic mass is 79.9. The number of aryl methyl sites for hydroxylation is 1. The maximum atomic E-state index is 12.9. The number of imide groups is 1. The average Bonchev–Trinajstić information content (AvgIpc) is 2.83. The minimum atomic E-state index is -0.811. The molecule has 1 aromatic rings. The number of rotatable bonds is 4. The topological polar surface area (TPSA) is 78.5 Å². The maximum absolute atomic E-state index is 12.9. The lowest BCUT2D eigenvalue weighted by Crippen LogP contribution is -2.49. The predicted octanol–water partition coefficient (Wildman–Crippen LogP) is 3.59. The monoisotopic (exact) mass is 421 g/mol. The average molecular weight is 422 g/mol. The molecular formula is C19H24BrN3O3. The van der Waals surface area contributed by atoms with E-state index in [1.54, 1.807) is 6.07 Å². The lowest BCUT2D eigenvalue weighted by molar-refractivity contribution is -0.135. The van der Waals surface area contributed by atoms with Crippen LogP contribution in [0.5, 0.6) is 0 Å². The van der Waals surface area contributed by atoms with Crippen LogP contribution in [0, 0.1) is 12.8 Å². The van der Waals surface area contributed by atoms with Crippen molar-refractivity contribution in [2.24, 2.45) is 5.92 Å². The second-order valence-electron chi connectivity index (χ2n) is 7.26. The molecule has 1 aliphatic heterocycles. The second-order valence-corrected chi connectivity index (χ2v) is 8.18. The second kappa shape index (κ2) is 7.39. The summed E-state index contributed by atoms with van der Waals surface area (Å²) in [6.45, 7) is 3.77. The summed E-state index contributed by atoms with van der Waals surface area (Å²) in [5.74, 6) is -0.0330. The Balaban J connectivity index is 1.66. The number of carbonyl (C=O) groups is 3. The molecule has 0 aromatic heterocycles. The number of carbonyl (C=O) groups excluding carboxylic acids is 3. The van der Waals surface area contributed by atoms with Gasteiger partial charge in [0.25, 0.3) is 5.91 Å². The lowest BCUT2D eigenvalue weighted by Gasteiger charge is -2.34. The largest absolute Gasteiger partial charge is 0.325 e. The molecule has 0 atom stereocenters. The molecule has 2 fully saturated rings. The minimum Gasteiger partial charge on any atom is -0.324 e. The highest BCUT2D eigenvalue weighted by Gasteiger charge is 2.52. The molecule has 3 rings (SSSR count). The number of urea groups is 1. The van der Waals surface area contributed by atoms with E-state index < -0.39 is 11.6 Å². The molecule has 26 heavy (non-hydrogen) atoms. The third-order valence-electron chi connectivity index (χ3n) is 5.56. The van der Waals surface area contributed by atoms with E-state index in [1.807, 2.05) is 19.1 Å². The van der Waals surface area contributed by atoms with Gasteiger partial charge in [-0.2, -0.15) is 0 Å².